The number of pyridine rings is 1. The van der Waals surface area contributed by atoms with Gasteiger partial charge in [-0.1, -0.05) is 38.1 Å². The molecule has 3 heterocycles. The van der Waals surface area contributed by atoms with Crippen molar-refractivity contribution in [3.8, 4) is 0 Å². The van der Waals surface area contributed by atoms with Crippen molar-refractivity contribution < 1.29 is 9.94 Å². The van der Waals surface area contributed by atoms with Gasteiger partial charge in [-0.25, -0.2) is 0 Å². The third-order valence-electron chi connectivity index (χ3n) is 11.5. The lowest BCUT2D eigenvalue weighted by atomic mass is 9.58. The molecule has 1 N–H and O–H groups in total. The second-order valence-corrected chi connectivity index (χ2v) is 13.5. The summed E-state index contributed by atoms with van der Waals surface area (Å²) in [6, 6.07) is 9.73. The third kappa shape index (κ3) is 3.99. The number of aromatic nitrogens is 1. The Kier molecular flexibility index (Phi) is 6.31. The Labute approximate surface area is 233 Å². The number of ether oxygens (including phenoxy) is 1. The zero-order chi connectivity index (χ0) is 26.8. The van der Waals surface area contributed by atoms with Crippen LogP contribution in [-0.4, -0.2) is 64.1 Å². The Balaban J connectivity index is 1.18. The second-order valence-electron chi connectivity index (χ2n) is 13.5. The van der Waals surface area contributed by atoms with Gasteiger partial charge in [0, 0.05) is 44.0 Å². The van der Waals surface area contributed by atoms with Crippen LogP contribution in [0.5, 0.6) is 0 Å². The standard InChI is InChI=1S/C34H45N3O2/c1-4-17-37(19-18-36(3)38)29-8-7-27-21-28-11-13-32(2)30(25-6-5-24-12-16-35-23-26(24)20-25)9-10-31(32)34(28)15-14-33(27,22-29)39-34/h5-6,11-12,16,20-21,23,29-31,38H,4,7-10,13-15,17-19,22H2,1-3H3/t29-,30?,31-,32?,33-,34-/m1/s1. The number of hydrogen-bond acceptors (Lipinski definition) is 5. The average molecular weight is 528 g/mol. The predicted molar refractivity (Wildman–Crippen MR) is 156 cm³/mol. The monoisotopic (exact) mass is 527 g/mol. The molecule has 1 saturated heterocycles. The molecule has 2 saturated carbocycles. The van der Waals surface area contributed by atoms with Crippen LogP contribution in [0, 0.1) is 11.3 Å². The van der Waals surface area contributed by atoms with Gasteiger partial charge in [0.15, 0.2) is 0 Å². The number of hydroxylamine groups is 2. The molecular formula is C34H45N3O2. The van der Waals surface area contributed by atoms with Crippen LogP contribution in [0.3, 0.4) is 0 Å². The first kappa shape index (κ1) is 25.9. The van der Waals surface area contributed by atoms with E-state index in [0.717, 1.165) is 51.6 Å². The maximum Gasteiger partial charge on any atom is 0.0974 e. The lowest BCUT2D eigenvalue weighted by Gasteiger charge is -2.55. The Bertz CT molecular complexity index is 1320. The number of likely N-dealkylation sites (N-methyl/N-ethyl adjacent to an activating group) is 1. The molecule has 3 fully saturated rings. The van der Waals surface area contributed by atoms with E-state index < -0.39 is 0 Å². The molecule has 3 aliphatic carbocycles. The van der Waals surface area contributed by atoms with Crippen molar-refractivity contribution in [1.29, 1.82) is 0 Å². The van der Waals surface area contributed by atoms with E-state index in [1.807, 2.05) is 12.4 Å². The summed E-state index contributed by atoms with van der Waals surface area (Å²) in [5, 5.41) is 13.7. The summed E-state index contributed by atoms with van der Waals surface area (Å²) < 4.78 is 7.57. The highest BCUT2D eigenvalue weighted by Crippen LogP contribution is 2.69. The molecule has 2 spiro atoms. The fourth-order valence-electron chi connectivity index (χ4n) is 9.60. The zero-order valence-corrected chi connectivity index (χ0v) is 24.0. The van der Waals surface area contributed by atoms with Gasteiger partial charge >= 0.3 is 0 Å². The Morgan fingerprint density at radius 1 is 1.08 bits per heavy atom. The van der Waals surface area contributed by atoms with E-state index in [1.54, 1.807) is 12.6 Å². The molecule has 7 rings (SSSR count). The molecule has 5 heteroatoms. The smallest absolute Gasteiger partial charge is 0.0974 e. The van der Waals surface area contributed by atoms with Gasteiger partial charge in [-0.15, -0.1) is 0 Å². The van der Waals surface area contributed by atoms with Gasteiger partial charge in [0.1, 0.15) is 0 Å². The van der Waals surface area contributed by atoms with Crippen molar-refractivity contribution in [2.75, 3.05) is 26.7 Å². The molecule has 1 aromatic carbocycles. The highest BCUT2D eigenvalue weighted by molar-refractivity contribution is 5.82. The van der Waals surface area contributed by atoms with Crippen molar-refractivity contribution in [3.05, 3.63) is 65.5 Å². The van der Waals surface area contributed by atoms with Crippen LogP contribution >= 0.6 is 0 Å². The zero-order valence-electron chi connectivity index (χ0n) is 24.0. The number of hydrogen-bond donors (Lipinski definition) is 1. The number of rotatable bonds is 7. The first-order valence-electron chi connectivity index (χ1n) is 15.5. The fraction of sp³-hybridized carbons (Fsp3) is 0.618. The molecule has 6 atom stereocenters. The number of nitrogens with zero attached hydrogens (tertiary/aromatic N) is 3. The first-order chi connectivity index (χ1) is 18.9. The van der Waals surface area contributed by atoms with Gasteiger partial charge < -0.3 is 9.94 Å². The fourth-order valence-corrected chi connectivity index (χ4v) is 9.60. The largest absolute Gasteiger partial charge is 0.359 e. The quantitative estimate of drug-likeness (QED) is 0.398. The van der Waals surface area contributed by atoms with Crippen LogP contribution in [0.15, 0.2) is 60.0 Å². The van der Waals surface area contributed by atoms with Gasteiger partial charge in [-0.3, -0.25) is 9.88 Å². The van der Waals surface area contributed by atoms with Crippen molar-refractivity contribution in [1.82, 2.24) is 14.9 Å². The van der Waals surface area contributed by atoms with Crippen molar-refractivity contribution in [2.24, 2.45) is 11.3 Å². The van der Waals surface area contributed by atoms with E-state index in [9.17, 15) is 5.21 Å². The van der Waals surface area contributed by atoms with Crippen molar-refractivity contribution in [2.45, 2.75) is 94.8 Å². The molecule has 1 aromatic heterocycles. The van der Waals surface area contributed by atoms with Crippen molar-refractivity contribution >= 4 is 10.8 Å². The van der Waals surface area contributed by atoms with E-state index >= 15 is 0 Å². The van der Waals surface area contributed by atoms with Crippen LogP contribution in [0.1, 0.15) is 83.1 Å². The summed E-state index contributed by atoms with van der Waals surface area (Å²) in [5.74, 6) is 1.12. The Morgan fingerprint density at radius 2 is 1.97 bits per heavy atom. The molecule has 5 aliphatic rings. The van der Waals surface area contributed by atoms with Gasteiger partial charge in [0.2, 0.25) is 0 Å². The number of fused-ring (bicyclic) bond motifs is 2. The van der Waals surface area contributed by atoms with Crippen LogP contribution < -0.4 is 0 Å². The van der Waals surface area contributed by atoms with E-state index in [4.69, 9.17) is 4.74 Å². The van der Waals surface area contributed by atoms with Crippen LogP contribution in [-0.2, 0) is 4.74 Å². The highest BCUT2D eigenvalue weighted by atomic mass is 16.5. The average Bonchev–Trinajstić information content (AvgIpc) is 3.45. The van der Waals surface area contributed by atoms with Crippen LogP contribution in [0.4, 0.5) is 0 Å². The normalized spacial score (nSPS) is 37.0. The molecule has 0 amide bonds. The maximum atomic E-state index is 9.82. The maximum absolute atomic E-state index is 9.82. The van der Waals surface area contributed by atoms with E-state index in [2.05, 4.69) is 60.1 Å². The second kappa shape index (κ2) is 9.51. The first-order valence-corrected chi connectivity index (χ1v) is 15.5. The molecule has 5 nitrogen and oxygen atoms in total. The minimum Gasteiger partial charge on any atom is -0.359 e. The number of benzene rings is 1. The Morgan fingerprint density at radius 3 is 2.82 bits per heavy atom. The molecule has 2 unspecified atom stereocenters. The molecule has 2 bridgehead atoms. The van der Waals surface area contributed by atoms with E-state index in [0.29, 0.717) is 24.4 Å². The van der Waals surface area contributed by atoms with Gasteiger partial charge in [-0.2, -0.15) is 5.06 Å². The Hall–Kier alpha value is -2.05. The lowest BCUT2D eigenvalue weighted by Crippen LogP contribution is -2.55. The molecule has 2 aliphatic heterocycles. The molecular weight excluding hydrogens is 482 g/mol. The molecule has 2 aromatic rings. The molecule has 39 heavy (non-hydrogen) atoms. The van der Waals surface area contributed by atoms with Crippen LogP contribution in [0.2, 0.25) is 0 Å². The highest BCUT2D eigenvalue weighted by Gasteiger charge is 2.66. The topological polar surface area (TPSA) is 48.8 Å². The van der Waals surface area contributed by atoms with Crippen molar-refractivity contribution in [3.63, 3.8) is 0 Å². The molecule has 0 radical (unpaired) electrons. The number of allylic oxidation sites excluding steroid dienone is 1. The lowest BCUT2D eigenvalue weighted by molar-refractivity contribution is -0.141. The third-order valence-corrected chi connectivity index (χ3v) is 11.5. The SMILES string of the molecule is CCCN(CCN(C)O)[C@@H]1CCC2=CC3=CCC4(C)C(c5ccc6ccncc6c5)CC[C@H]4[C@@]34CC[C@]2(C1)O4. The van der Waals surface area contributed by atoms with Gasteiger partial charge in [-0.05, 0) is 116 Å². The molecule has 208 valence electrons. The van der Waals surface area contributed by atoms with Gasteiger partial charge in [0.05, 0.1) is 11.2 Å². The minimum absolute atomic E-state index is 0.0949. The summed E-state index contributed by atoms with van der Waals surface area (Å²) >= 11 is 0. The summed E-state index contributed by atoms with van der Waals surface area (Å²) in [7, 11) is 1.76. The minimum atomic E-state index is -0.119. The predicted octanol–water partition coefficient (Wildman–Crippen LogP) is 6.88. The summed E-state index contributed by atoms with van der Waals surface area (Å²) in [6.07, 6.45) is 19.6. The summed E-state index contributed by atoms with van der Waals surface area (Å²) in [4.78, 5) is 7.02. The summed E-state index contributed by atoms with van der Waals surface area (Å²) in [6.45, 7) is 7.54. The van der Waals surface area contributed by atoms with Crippen LogP contribution in [0.25, 0.3) is 10.8 Å². The van der Waals surface area contributed by atoms with E-state index in [-0.39, 0.29) is 16.6 Å². The van der Waals surface area contributed by atoms with E-state index in [1.165, 1.54) is 46.2 Å². The summed E-state index contributed by atoms with van der Waals surface area (Å²) in [5.41, 5.74) is 4.55. The van der Waals surface area contributed by atoms with Gasteiger partial charge in [0.25, 0.3) is 0 Å².